The number of amides is 1. The molecule has 1 aliphatic carbocycles. The van der Waals surface area contributed by atoms with Crippen LogP contribution in [0, 0.1) is 6.92 Å². The number of nitrogens with zero attached hydrogens (tertiary/aromatic N) is 1. The van der Waals surface area contributed by atoms with Gasteiger partial charge >= 0.3 is 0 Å². The van der Waals surface area contributed by atoms with Gasteiger partial charge in [0, 0.05) is 19.6 Å². The fourth-order valence-electron chi connectivity index (χ4n) is 4.05. The molecule has 1 unspecified atom stereocenters. The molecule has 2 aliphatic rings. The van der Waals surface area contributed by atoms with Gasteiger partial charge in [0.2, 0.25) is 0 Å². The number of nitrogens with one attached hydrogen (secondary N) is 1. The fourth-order valence-corrected chi connectivity index (χ4v) is 4.05. The maximum absolute atomic E-state index is 12.7. The predicted octanol–water partition coefficient (Wildman–Crippen LogP) is 1.89. The van der Waals surface area contributed by atoms with Gasteiger partial charge in [-0.25, -0.2) is 0 Å². The molecule has 6 heteroatoms. The van der Waals surface area contributed by atoms with E-state index in [2.05, 4.69) is 10.2 Å². The molecule has 1 aromatic rings. The van der Waals surface area contributed by atoms with Crippen LogP contribution in [0.1, 0.15) is 37.7 Å². The number of hydrogen-bond acceptors (Lipinski definition) is 5. The van der Waals surface area contributed by atoms with Gasteiger partial charge in [-0.2, -0.15) is 0 Å². The van der Waals surface area contributed by atoms with E-state index in [0.29, 0.717) is 5.75 Å². The molecule has 2 N–H and O–H groups in total. The number of benzene rings is 1. The first-order valence-corrected chi connectivity index (χ1v) is 10.1. The lowest BCUT2D eigenvalue weighted by molar-refractivity contribution is -0.133. The number of carbonyl (C=O) groups excluding carboxylic acids is 1. The number of aliphatic hydroxyl groups excluding tert-OH is 1. The van der Waals surface area contributed by atoms with Crippen LogP contribution < -0.4 is 10.1 Å². The normalized spacial score (nSPS) is 21.4. The van der Waals surface area contributed by atoms with Crippen molar-refractivity contribution in [1.29, 1.82) is 0 Å². The highest BCUT2D eigenvalue weighted by molar-refractivity contribution is 5.81. The highest BCUT2D eigenvalue weighted by Gasteiger charge is 2.37. The van der Waals surface area contributed by atoms with Crippen molar-refractivity contribution in [3.8, 4) is 5.75 Å². The van der Waals surface area contributed by atoms with Crippen LogP contribution in [0.5, 0.6) is 5.75 Å². The number of para-hydroxylation sites is 1. The Morgan fingerprint density at radius 2 is 1.96 bits per heavy atom. The number of hydrogen-bond donors (Lipinski definition) is 2. The standard InChI is InChI=1S/C21H32N2O4/c1-17-7-3-4-8-19(17)27-15-18(24)20(25)22-21(9-5-2-6-10-21)16-23-11-13-26-14-12-23/h3-4,7-8,18,24H,2,5-6,9-16H2,1H3,(H,22,25). The predicted molar refractivity (Wildman–Crippen MR) is 104 cm³/mol. The third-order valence-electron chi connectivity index (χ3n) is 5.62. The first-order chi connectivity index (χ1) is 13.1. The number of carbonyl (C=O) groups is 1. The molecule has 1 amide bonds. The van der Waals surface area contributed by atoms with Crippen LogP contribution in [-0.2, 0) is 9.53 Å². The van der Waals surface area contributed by atoms with Crippen molar-refractivity contribution in [1.82, 2.24) is 10.2 Å². The summed E-state index contributed by atoms with van der Waals surface area (Å²) < 4.78 is 11.1. The average molecular weight is 376 g/mol. The van der Waals surface area contributed by atoms with Gasteiger partial charge in [0.1, 0.15) is 12.4 Å². The Morgan fingerprint density at radius 3 is 2.67 bits per heavy atom. The van der Waals surface area contributed by atoms with Crippen molar-refractivity contribution >= 4 is 5.91 Å². The Kier molecular flexibility index (Phi) is 7.10. The van der Waals surface area contributed by atoms with Gasteiger partial charge in [0.15, 0.2) is 6.10 Å². The van der Waals surface area contributed by atoms with Crippen LogP contribution in [0.2, 0.25) is 0 Å². The van der Waals surface area contributed by atoms with Gasteiger partial charge in [-0.1, -0.05) is 37.5 Å². The Bertz CT molecular complexity index is 610. The maximum atomic E-state index is 12.7. The fraction of sp³-hybridized carbons (Fsp3) is 0.667. The summed E-state index contributed by atoms with van der Waals surface area (Å²) in [7, 11) is 0. The second-order valence-corrected chi connectivity index (χ2v) is 7.81. The Balaban J connectivity index is 1.57. The number of aryl methyl sites for hydroxylation is 1. The molecule has 0 radical (unpaired) electrons. The van der Waals surface area contributed by atoms with Crippen molar-refractivity contribution in [2.75, 3.05) is 39.5 Å². The van der Waals surface area contributed by atoms with E-state index in [1.807, 2.05) is 31.2 Å². The van der Waals surface area contributed by atoms with E-state index >= 15 is 0 Å². The Morgan fingerprint density at radius 1 is 1.26 bits per heavy atom. The van der Waals surface area contributed by atoms with Crippen LogP contribution in [0.4, 0.5) is 0 Å². The summed E-state index contributed by atoms with van der Waals surface area (Å²) in [5.74, 6) is 0.365. The van der Waals surface area contributed by atoms with Gasteiger partial charge in [-0.05, 0) is 31.4 Å². The molecule has 3 rings (SSSR count). The van der Waals surface area contributed by atoms with Gasteiger partial charge in [0.25, 0.3) is 5.91 Å². The molecule has 1 saturated carbocycles. The lowest BCUT2D eigenvalue weighted by Gasteiger charge is -2.43. The highest BCUT2D eigenvalue weighted by atomic mass is 16.5. The van der Waals surface area contributed by atoms with E-state index in [1.54, 1.807) is 0 Å². The lowest BCUT2D eigenvalue weighted by Crippen LogP contribution is -2.60. The zero-order chi connectivity index (χ0) is 19.1. The van der Waals surface area contributed by atoms with Crippen LogP contribution in [0.3, 0.4) is 0 Å². The molecular weight excluding hydrogens is 344 g/mol. The molecule has 1 atom stereocenters. The smallest absolute Gasteiger partial charge is 0.252 e. The molecule has 27 heavy (non-hydrogen) atoms. The summed E-state index contributed by atoms with van der Waals surface area (Å²) >= 11 is 0. The summed E-state index contributed by atoms with van der Waals surface area (Å²) in [6.07, 6.45) is 4.18. The van der Waals surface area contributed by atoms with E-state index in [-0.39, 0.29) is 18.1 Å². The minimum Gasteiger partial charge on any atom is -0.490 e. The topological polar surface area (TPSA) is 71.0 Å². The van der Waals surface area contributed by atoms with E-state index in [0.717, 1.165) is 64.1 Å². The molecule has 2 fully saturated rings. The molecule has 0 spiro atoms. The Labute approximate surface area is 161 Å². The van der Waals surface area contributed by atoms with E-state index in [1.165, 1.54) is 6.42 Å². The van der Waals surface area contributed by atoms with E-state index < -0.39 is 6.10 Å². The van der Waals surface area contributed by atoms with E-state index in [9.17, 15) is 9.90 Å². The van der Waals surface area contributed by atoms with Crippen molar-refractivity contribution in [2.24, 2.45) is 0 Å². The quantitative estimate of drug-likeness (QED) is 0.760. The number of morpholine rings is 1. The third kappa shape index (κ3) is 5.67. The molecule has 0 bridgehead atoms. The third-order valence-corrected chi connectivity index (χ3v) is 5.62. The minimum absolute atomic E-state index is 0.0374. The summed E-state index contributed by atoms with van der Waals surface area (Å²) in [6, 6.07) is 7.61. The summed E-state index contributed by atoms with van der Waals surface area (Å²) in [4.78, 5) is 15.0. The van der Waals surface area contributed by atoms with Crippen molar-refractivity contribution in [2.45, 2.75) is 50.7 Å². The zero-order valence-electron chi connectivity index (χ0n) is 16.3. The van der Waals surface area contributed by atoms with Gasteiger partial charge in [-0.15, -0.1) is 0 Å². The molecule has 1 saturated heterocycles. The Hall–Kier alpha value is -1.63. The van der Waals surface area contributed by atoms with Crippen LogP contribution in [-0.4, -0.2) is 67.0 Å². The molecule has 1 heterocycles. The first-order valence-electron chi connectivity index (χ1n) is 10.1. The highest BCUT2D eigenvalue weighted by Crippen LogP contribution is 2.29. The monoisotopic (exact) mass is 376 g/mol. The largest absolute Gasteiger partial charge is 0.490 e. The van der Waals surface area contributed by atoms with Gasteiger partial charge in [0.05, 0.1) is 18.8 Å². The maximum Gasteiger partial charge on any atom is 0.252 e. The summed E-state index contributed by atoms with van der Waals surface area (Å²) in [5, 5.41) is 13.5. The molecule has 1 aromatic carbocycles. The average Bonchev–Trinajstić information content (AvgIpc) is 2.68. The van der Waals surface area contributed by atoms with Crippen molar-refractivity contribution < 1.29 is 19.4 Å². The summed E-state index contributed by atoms with van der Waals surface area (Å²) in [5.41, 5.74) is 0.734. The minimum atomic E-state index is -1.17. The zero-order valence-corrected chi connectivity index (χ0v) is 16.3. The lowest BCUT2D eigenvalue weighted by atomic mass is 9.81. The SMILES string of the molecule is Cc1ccccc1OCC(O)C(=O)NC1(CN2CCOCC2)CCCCC1. The molecule has 150 valence electrons. The number of rotatable bonds is 7. The van der Waals surface area contributed by atoms with Crippen LogP contribution in [0.25, 0.3) is 0 Å². The van der Waals surface area contributed by atoms with Gasteiger partial charge < -0.3 is 19.9 Å². The molecule has 1 aliphatic heterocycles. The second kappa shape index (κ2) is 9.53. The van der Waals surface area contributed by atoms with Gasteiger partial charge in [-0.3, -0.25) is 9.69 Å². The summed E-state index contributed by atoms with van der Waals surface area (Å²) in [6.45, 7) is 6.03. The molecular formula is C21H32N2O4. The van der Waals surface area contributed by atoms with Crippen molar-refractivity contribution in [3.05, 3.63) is 29.8 Å². The first kappa shape index (κ1) is 20.1. The van der Waals surface area contributed by atoms with Crippen LogP contribution in [0.15, 0.2) is 24.3 Å². The molecule has 6 nitrogen and oxygen atoms in total. The second-order valence-electron chi connectivity index (χ2n) is 7.81. The van der Waals surface area contributed by atoms with Crippen molar-refractivity contribution in [3.63, 3.8) is 0 Å². The molecule has 0 aromatic heterocycles. The number of aliphatic hydroxyl groups is 1. The number of ether oxygens (including phenoxy) is 2. The van der Waals surface area contributed by atoms with Crippen LogP contribution >= 0.6 is 0 Å². The van der Waals surface area contributed by atoms with E-state index in [4.69, 9.17) is 9.47 Å².